The first-order valence-electron chi connectivity index (χ1n) is 6.45. The molecule has 86 valence electrons. The van der Waals surface area contributed by atoms with E-state index in [4.69, 9.17) is 0 Å². The smallest absolute Gasteiger partial charge is 0.0577 e. The highest BCUT2D eigenvalue weighted by atomic mass is 16.3. The van der Waals surface area contributed by atoms with Crippen molar-refractivity contribution in [2.24, 2.45) is 5.41 Å². The van der Waals surface area contributed by atoms with Gasteiger partial charge in [0, 0.05) is 0 Å². The van der Waals surface area contributed by atoms with E-state index in [9.17, 15) is 5.11 Å². The van der Waals surface area contributed by atoms with Gasteiger partial charge < -0.3 is 5.11 Å². The van der Waals surface area contributed by atoms with Crippen LogP contribution in [0, 0.1) is 5.41 Å². The van der Waals surface area contributed by atoms with Gasteiger partial charge in [-0.2, -0.15) is 0 Å². The zero-order chi connectivity index (χ0) is 10.9. The van der Waals surface area contributed by atoms with Gasteiger partial charge in [0.2, 0.25) is 0 Å². The van der Waals surface area contributed by atoms with Crippen LogP contribution in [0.2, 0.25) is 0 Å². The van der Waals surface area contributed by atoms with Crippen molar-refractivity contribution >= 4 is 0 Å². The summed E-state index contributed by atoms with van der Waals surface area (Å²) >= 11 is 0. The molecule has 0 spiro atoms. The Balaban J connectivity index is 2.10. The summed E-state index contributed by atoms with van der Waals surface area (Å²) in [6, 6.07) is 0. The average Bonchev–Trinajstić information content (AvgIpc) is 2.16. The van der Waals surface area contributed by atoms with E-state index in [1.165, 1.54) is 38.5 Å². The normalized spacial score (nSPS) is 36.6. The molecule has 2 rings (SSSR count). The minimum atomic E-state index is -0.0497. The minimum Gasteiger partial charge on any atom is -0.393 e. The Hall–Kier alpha value is -0.300. The number of aliphatic hydroxyl groups is 1. The van der Waals surface area contributed by atoms with Crippen molar-refractivity contribution in [1.82, 2.24) is 0 Å². The number of aliphatic hydroxyl groups excluding tert-OH is 1. The molecule has 1 nitrogen and oxygen atoms in total. The van der Waals surface area contributed by atoms with E-state index in [0.717, 1.165) is 12.8 Å². The third-order valence-electron chi connectivity index (χ3n) is 4.02. The fourth-order valence-corrected chi connectivity index (χ4v) is 3.20. The monoisotopic (exact) mass is 208 g/mol. The molecular formula is C14H24O. The van der Waals surface area contributed by atoms with Gasteiger partial charge in [0.05, 0.1) is 6.10 Å². The van der Waals surface area contributed by atoms with Crippen LogP contribution < -0.4 is 0 Å². The summed E-state index contributed by atoms with van der Waals surface area (Å²) in [7, 11) is 0. The molecule has 2 aliphatic carbocycles. The highest BCUT2D eigenvalue weighted by Gasteiger charge is 2.27. The van der Waals surface area contributed by atoms with Gasteiger partial charge in [-0.15, -0.1) is 0 Å². The number of hydrogen-bond acceptors (Lipinski definition) is 1. The predicted molar refractivity (Wildman–Crippen MR) is 63.7 cm³/mol. The minimum absolute atomic E-state index is 0.0497. The van der Waals surface area contributed by atoms with Crippen molar-refractivity contribution in [3.8, 4) is 0 Å². The molecule has 1 heteroatoms. The lowest BCUT2D eigenvalue weighted by molar-refractivity contribution is 0.147. The lowest BCUT2D eigenvalue weighted by Gasteiger charge is -2.34. The molecule has 0 aromatic heterocycles. The van der Waals surface area contributed by atoms with Crippen molar-refractivity contribution in [1.29, 1.82) is 0 Å². The van der Waals surface area contributed by atoms with Crippen LogP contribution in [0.5, 0.6) is 0 Å². The van der Waals surface area contributed by atoms with Crippen LogP contribution in [0.25, 0.3) is 0 Å². The summed E-state index contributed by atoms with van der Waals surface area (Å²) in [5.74, 6) is 0. The van der Waals surface area contributed by atoms with Crippen molar-refractivity contribution in [2.45, 2.75) is 71.3 Å². The standard InChI is InChI=1S/C14H24O/c1-14(2)8-4-6-12(10-14)11-5-3-7-13(15)9-11/h13,15H,3-10H2,1-2H3/b12-11-. The number of allylic oxidation sites excluding steroid dienone is 1. The topological polar surface area (TPSA) is 20.2 Å². The van der Waals surface area contributed by atoms with Gasteiger partial charge in [0.15, 0.2) is 0 Å². The summed E-state index contributed by atoms with van der Waals surface area (Å²) in [4.78, 5) is 0. The van der Waals surface area contributed by atoms with Crippen LogP contribution in [0.15, 0.2) is 11.1 Å². The molecule has 2 saturated carbocycles. The molecule has 0 heterocycles. The van der Waals surface area contributed by atoms with Crippen molar-refractivity contribution in [3.63, 3.8) is 0 Å². The molecule has 1 atom stereocenters. The summed E-state index contributed by atoms with van der Waals surface area (Å²) in [5, 5.41) is 9.71. The van der Waals surface area contributed by atoms with Gasteiger partial charge in [-0.25, -0.2) is 0 Å². The van der Waals surface area contributed by atoms with E-state index in [1.807, 2.05) is 0 Å². The quantitative estimate of drug-likeness (QED) is 0.600. The highest BCUT2D eigenvalue weighted by Crippen LogP contribution is 2.41. The largest absolute Gasteiger partial charge is 0.393 e. The van der Waals surface area contributed by atoms with Crippen molar-refractivity contribution < 1.29 is 5.11 Å². The summed E-state index contributed by atoms with van der Waals surface area (Å²) < 4.78 is 0. The van der Waals surface area contributed by atoms with Gasteiger partial charge in [-0.05, 0) is 56.8 Å². The van der Waals surface area contributed by atoms with Crippen LogP contribution in [-0.2, 0) is 0 Å². The van der Waals surface area contributed by atoms with Crippen molar-refractivity contribution in [3.05, 3.63) is 11.1 Å². The van der Waals surface area contributed by atoms with Gasteiger partial charge in [0.1, 0.15) is 0 Å². The molecule has 0 aromatic carbocycles. The molecular weight excluding hydrogens is 184 g/mol. The zero-order valence-electron chi connectivity index (χ0n) is 10.2. The van der Waals surface area contributed by atoms with E-state index in [-0.39, 0.29) is 6.10 Å². The fraction of sp³-hybridized carbons (Fsp3) is 0.857. The Kier molecular flexibility index (Phi) is 3.20. The van der Waals surface area contributed by atoms with Crippen LogP contribution in [0.1, 0.15) is 65.2 Å². The maximum atomic E-state index is 9.71. The predicted octanol–water partition coefficient (Wildman–Crippen LogP) is 3.82. The maximum absolute atomic E-state index is 9.71. The summed E-state index contributed by atoms with van der Waals surface area (Å²) in [6.45, 7) is 4.76. The molecule has 2 aliphatic rings. The SMILES string of the molecule is CC1(C)CCC/C(=C2\CCCC(O)C2)C1. The molecule has 0 aromatic rings. The molecule has 15 heavy (non-hydrogen) atoms. The second-order valence-corrected chi connectivity index (χ2v) is 6.15. The molecule has 2 fully saturated rings. The van der Waals surface area contributed by atoms with Gasteiger partial charge in [-0.3, -0.25) is 0 Å². The molecule has 0 aliphatic heterocycles. The second-order valence-electron chi connectivity index (χ2n) is 6.15. The van der Waals surface area contributed by atoms with E-state index < -0.39 is 0 Å². The van der Waals surface area contributed by atoms with Gasteiger partial charge in [-0.1, -0.05) is 25.0 Å². The first kappa shape index (κ1) is 11.2. The zero-order valence-corrected chi connectivity index (χ0v) is 10.2. The second kappa shape index (κ2) is 4.29. The van der Waals surface area contributed by atoms with E-state index >= 15 is 0 Å². The first-order chi connectivity index (χ1) is 7.07. The molecule has 0 radical (unpaired) electrons. The maximum Gasteiger partial charge on any atom is 0.0577 e. The fourth-order valence-electron chi connectivity index (χ4n) is 3.20. The number of hydrogen-bond donors (Lipinski definition) is 1. The summed E-state index contributed by atoms with van der Waals surface area (Å²) in [6.07, 6.45) is 9.66. The van der Waals surface area contributed by atoms with Crippen molar-refractivity contribution in [2.75, 3.05) is 0 Å². The summed E-state index contributed by atoms with van der Waals surface area (Å²) in [5.41, 5.74) is 3.79. The highest BCUT2D eigenvalue weighted by molar-refractivity contribution is 5.20. The average molecular weight is 208 g/mol. The van der Waals surface area contributed by atoms with Crippen LogP contribution in [0.4, 0.5) is 0 Å². The Morgan fingerprint density at radius 1 is 1.13 bits per heavy atom. The van der Waals surface area contributed by atoms with Crippen LogP contribution in [0.3, 0.4) is 0 Å². The Morgan fingerprint density at radius 3 is 2.53 bits per heavy atom. The third kappa shape index (κ3) is 2.84. The van der Waals surface area contributed by atoms with Crippen LogP contribution in [-0.4, -0.2) is 11.2 Å². The van der Waals surface area contributed by atoms with Gasteiger partial charge in [0.25, 0.3) is 0 Å². The lowest BCUT2D eigenvalue weighted by Crippen LogP contribution is -2.21. The van der Waals surface area contributed by atoms with E-state index in [0.29, 0.717) is 5.41 Å². The Morgan fingerprint density at radius 2 is 1.87 bits per heavy atom. The Bertz CT molecular complexity index is 263. The first-order valence-corrected chi connectivity index (χ1v) is 6.45. The number of rotatable bonds is 0. The van der Waals surface area contributed by atoms with Gasteiger partial charge >= 0.3 is 0 Å². The van der Waals surface area contributed by atoms with Crippen LogP contribution >= 0.6 is 0 Å². The molecule has 1 unspecified atom stereocenters. The molecule has 0 bridgehead atoms. The lowest BCUT2D eigenvalue weighted by atomic mass is 9.72. The third-order valence-corrected chi connectivity index (χ3v) is 4.02. The van der Waals surface area contributed by atoms with E-state index in [1.54, 1.807) is 11.1 Å². The Labute approximate surface area is 93.6 Å². The molecule has 0 amide bonds. The van der Waals surface area contributed by atoms with E-state index in [2.05, 4.69) is 13.8 Å². The molecule has 1 N–H and O–H groups in total. The molecule has 0 saturated heterocycles.